The van der Waals surface area contributed by atoms with Gasteiger partial charge in [-0.15, -0.1) is 0 Å². The Morgan fingerprint density at radius 2 is 1.31 bits per heavy atom. The molecule has 0 atom stereocenters. The molecule has 0 radical (unpaired) electrons. The van der Waals surface area contributed by atoms with Crippen LogP contribution in [0.15, 0.2) is 34.5 Å². The Morgan fingerprint density at radius 3 is 1.69 bits per heavy atom. The lowest BCUT2D eigenvalue weighted by Crippen LogP contribution is -1.84. The molecule has 0 bridgehead atoms. The molecule has 0 saturated heterocycles. The number of para-hydroxylation sites is 2. The van der Waals surface area contributed by atoms with Crippen molar-refractivity contribution < 1.29 is 0 Å². The Balaban J connectivity index is 2.80. The van der Waals surface area contributed by atoms with E-state index in [-0.39, 0.29) is 11.6 Å². The van der Waals surface area contributed by atoms with Crippen molar-refractivity contribution in [2.75, 3.05) is 0 Å². The van der Waals surface area contributed by atoms with Gasteiger partial charge >= 0.3 is 0 Å². The van der Waals surface area contributed by atoms with E-state index in [0.29, 0.717) is 11.0 Å². The third-order valence-corrected chi connectivity index (χ3v) is 1.81. The predicted octanol–water partition coefficient (Wildman–Crippen LogP) is 3.51. The molecule has 2 rings (SSSR count). The first kappa shape index (κ1) is 9.72. The first-order chi connectivity index (χ1) is 7.85. The van der Waals surface area contributed by atoms with E-state index in [1.165, 1.54) is 0 Å². The molecule has 0 aliphatic rings. The predicted molar refractivity (Wildman–Crippen MR) is 57.2 cm³/mol. The van der Waals surface area contributed by atoms with E-state index < -0.39 is 0 Å². The summed E-state index contributed by atoms with van der Waals surface area (Å²) in [6.07, 6.45) is 0. The summed E-state index contributed by atoms with van der Waals surface area (Å²) in [5.74, 6) is -0.0574. The Labute approximate surface area is 88.8 Å². The molecule has 0 fully saturated rings. The van der Waals surface area contributed by atoms with Gasteiger partial charge in [-0.3, -0.25) is 0 Å². The summed E-state index contributed by atoms with van der Waals surface area (Å²) >= 11 is 0. The summed E-state index contributed by atoms with van der Waals surface area (Å²) in [4.78, 5) is 13.3. The Morgan fingerprint density at radius 1 is 0.875 bits per heavy atom. The Kier molecular flexibility index (Phi) is 2.52. The number of hydrogen-bond donors (Lipinski definition) is 0. The van der Waals surface area contributed by atoms with Crippen LogP contribution < -0.4 is 0 Å². The minimum atomic E-state index is -0.0287. The lowest BCUT2D eigenvalue weighted by Gasteiger charge is -2.00. The van der Waals surface area contributed by atoms with Crippen LogP contribution in [0.3, 0.4) is 0 Å². The number of benzene rings is 1. The van der Waals surface area contributed by atoms with Crippen molar-refractivity contribution in [3.05, 3.63) is 45.2 Å². The van der Waals surface area contributed by atoms with Crippen molar-refractivity contribution in [3.8, 4) is 0 Å². The molecule has 0 unspecified atom stereocenters. The van der Waals surface area contributed by atoms with Gasteiger partial charge in [0.1, 0.15) is 0 Å². The van der Waals surface area contributed by atoms with Crippen LogP contribution in [0, 0.1) is 0 Å². The first-order valence-electron chi connectivity index (χ1n) is 4.22. The molecular weight excluding hydrogens is 208 g/mol. The Hall–Kier alpha value is -2.82. The summed E-state index contributed by atoms with van der Waals surface area (Å²) in [5, 5.41) is 6.63. The average Bonchev–Trinajstić information content (AvgIpc) is 2.30. The highest BCUT2D eigenvalue weighted by molar-refractivity contribution is 5.78. The van der Waals surface area contributed by atoms with E-state index in [0.717, 1.165) is 0 Å². The number of aromatic nitrogens is 2. The van der Waals surface area contributed by atoms with Crippen LogP contribution in [0.5, 0.6) is 0 Å². The van der Waals surface area contributed by atoms with Crippen molar-refractivity contribution in [2.24, 2.45) is 10.2 Å². The largest absolute Gasteiger partial charge is 0.242 e. The van der Waals surface area contributed by atoms with Crippen molar-refractivity contribution in [2.45, 2.75) is 0 Å². The highest BCUT2D eigenvalue weighted by atomic mass is 15.2. The molecule has 0 amide bonds. The second kappa shape index (κ2) is 4.14. The van der Waals surface area contributed by atoms with Gasteiger partial charge in [0, 0.05) is 9.82 Å². The van der Waals surface area contributed by atoms with E-state index in [9.17, 15) is 0 Å². The molecule has 8 nitrogen and oxygen atoms in total. The van der Waals surface area contributed by atoms with Crippen LogP contribution in [-0.2, 0) is 0 Å². The summed E-state index contributed by atoms with van der Waals surface area (Å²) in [6.45, 7) is 0. The molecule has 76 valence electrons. The number of hydrogen-bond acceptors (Lipinski definition) is 4. The van der Waals surface area contributed by atoms with Gasteiger partial charge in [-0.25, -0.2) is 9.97 Å². The summed E-state index contributed by atoms with van der Waals surface area (Å²) in [7, 11) is 0. The monoisotopic (exact) mass is 212 g/mol. The van der Waals surface area contributed by atoms with Crippen LogP contribution in [0.4, 0.5) is 11.6 Å². The summed E-state index contributed by atoms with van der Waals surface area (Å²) < 4.78 is 0. The molecule has 0 aliphatic carbocycles. The van der Waals surface area contributed by atoms with Gasteiger partial charge in [0.15, 0.2) is 11.6 Å². The normalized spacial score (nSPS) is 9.25. The molecule has 1 aromatic heterocycles. The molecule has 8 heteroatoms. The van der Waals surface area contributed by atoms with Crippen molar-refractivity contribution in [1.29, 1.82) is 0 Å². The quantitative estimate of drug-likeness (QED) is 0.429. The smallest absolute Gasteiger partial charge is 0.155 e. The van der Waals surface area contributed by atoms with Crippen LogP contribution in [-0.4, -0.2) is 9.97 Å². The molecule has 2 aromatic rings. The maximum absolute atomic E-state index is 8.34. The maximum Gasteiger partial charge on any atom is 0.155 e. The van der Waals surface area contributed by atoms with Gasteiger partial charge in [0.05, 0.1) is 11.0 Å². The summed E-state index contributed by atoms with van der Waals surface area (Å²) in [6, 6.07) is 7.01. The second-order valence-electron chi connectivity index (χ2n) is 2.74. The minimum absolute atomic E-state index is 0.0287. The standard InChI is InChI=1S/C8H4N8/c9-15-13-7-8(14-16-10)12-6-4-2-1-3-5(6)11-7/h1-4H. The third kappa shape index (κ3) is 1.69. The summed E-state index contributed by atoms with van der Waals surface area (Å²) in [5.41, 5.74) is 17.8. The van der Waals surface area contributed by atoms with Gasteiger partial charge in [-0.2, -0.15) is 0 Å². The number of rotatable bonds is 2. The fraction of sp³-hybridized carbons (Fsp3) is 0. The topological polar surface area (TPSA) is 123 Å². The molecule has 0 N–H and O–H groups in total. The first-order valence-corrected chi connectivity index (χ1v) is 4.22. The van der Waals surface area contributed by atoms with E-state index in [1.807, 2.05) is 0 Å². The zero-order chi connectivity index (χ0) is 11.4. The highest BCUT2D eigenvalue weighted by Gasteiger charge is 2.04. The SMILES string of the molecule is [N-]=[N+]=Nc1nc2ccccc2nc1N=[N+]=[N-]. The van der Waals surface area contributed by atoms with Gasteiger partial charge in [-0.05, 0) is 33.4 Å². The minimum Gasteiger partial charge on any atom is -0.242 e. The maximum atomic E-state index is 8.34. The van der Waals surface area contributed by atoms with E-state index in [1.54, 1.807) is 24.3 Å². The fourth-order valence-electron chi connectivity index (χ4n) is 1.20. The number of azide groups is 2. The van der Waals surface area contributed by atoms with E-state index in [2.05, 4.69) is 30.0 Å². The third-order valence-electron chi connectivity index (χ3n) is 1.81. The second-order valence-corrected chi connectivity index (χ2v) is 2.74. The van der Waals surface area contributed by atoms with Crippen molar-refractivity contribution >= 4 is 22.7 Å². The Bertz CT molecular complexity index is 579. The van der Waals surface area contributed by atoms with Gasteiger partial charge in [0.2, 0.25) is 0 Å². The molecule has 1 aromatic carbocycles. The van der Waals surface area contributed by atoms with E-state index in [4.69, 9.17) is 11.1 Å². The average molecular weight is 212 g/mol. The molecule has 16 heavy (non-hydrogen) atoms. The van der Waals surface area contributed by atoms with Crippen LogP contribution in [0.25, 0.3) is 31.9 Å². The lowest BCUT2D eigenvalue weighted by atomic mass is 10.3. The zero-order valence-corrected chi connectivity index (χ0v) is 7.89. The van der Waals surface area contributed by atoms with Gasteiger partial charge in [-0.1, -0.05) is 12.1 Å². The molecular formula is C8H4N8. The molecule has 0 saturated carbocycles. The van der Waals surface area contributed by atoms with Gasteiger partial charge < -0.3 is 0 Å². The zero-order valence-electron chi connectivity index (χ0n) is 7.89. The van der Waals surface area contributed by atoms with Crippen LogP contribution in [0.1, 0.15) is 0 Å². The van der Waals surface area contributed by atoms with Crippen LogP contribution in [0.2, 0.25) is 0 Å². The fourth-order valence-corrected chi connectivity index (χ4v) is 1.20. The van der Waals surface area contributed by atoms with Gasteiger partial charge in [0.25, 0.3) is 0 Å². The lowest BCUT2D eigenvalue weighted by molar-refractivity contribution is 1.20. The van der Waals surface area contributed by atoms with Crippen molar-refractivity contribution in [3.63, 3.8) is 0 Å². The molecule has 1 heterocycles. The van der Waals surface area contributed by atoms with Crippen molar-refractivity contribution in [1.82, 2.24) is 9.97 Å². The van der Waals surface area contributed by atoms with Crippen LogP contribution >= 0.6 is 0 Å². The highest BCUT2D eigenvalue weighted by Crippen LogP contribution is 2.26. The molecule has 0 spiro atoms. The van der Waals surface area contributed by atoms with E-state index >= 15 is 0 Å². The number of fused-ring (bicyclic) bond motifs is 1. The number of nitrogens with zero attached hydrogens (tertiary/aromatic N) is 8. The molecule has 0 aliphatic heterocycles.